The van der Waals surface area contributed by atoms with Crippen molar-refractivity contribution in [3.05, 3.63) is 88.8 Å². The number of aromatic carboxylic acids is 1. The lowest BCUT2D eigenvalue weighted by atomic mass is 10.2. The van der Waals surface area contributed by atoms with E-state index < -0.39 is 35.4 Å². The molecule has 0 spiro atoms. The highest BCUT2D eigenvalue weighted by molar-refractivity contribution is 8.18. The molecule has 0 aliphatic carbocycles. The largest absolute Gasteiger partial charge is 0.478 e. The second-order valence-corrected chi connectivity index (χ2v) is 7.97. The predicted molar refractivity (Wildman–Crippen MR) is 120 cm³/mol. The Morgan fingerprint density at radius 3 is 2.39 bits per heavy atom. The number of amides is 3. The number of benzene rings is 2. The number of carbonyl (C=O) groups excluding carboxylic acids is 3. The Labute approximate surface area is 191 Å². The molecule has 0 saturated carbocycles. The Hall–Kier alpha value is -4.18. The minimum atomic E-state index is -1.04. The van der Waals surface area contributed by atoms with Crippen LogP contribution in [0.1, 0.15) is 16.1 Å². The first-order valence-electron chi connectivity index (χ1n) is 9.64. The molecule has 0 unspecified atom stereocenters. The van der Waals surface area contributed by atoms with Gasteiger partial charge in [0.1, 0.15) is 12.4 Å². The molecular formula is C23H16FN3O5S. The Balaban J connectivity index is 1.49. The zero-order chi connectivity index (χ0) is 23.5. The van der Waals surface area contributed by atoms with Crippen molar-refractivity contribution in [1.82, 2.24) is 9.47 Å². The predicted octanol–water partition coefficient (Wildman–Crippen LogP) is 3.99. The van der Waals surface area contributed by atoms with Gasteiger partial charge < -0.3 is 15.0 Å². The molecule has 4 rings (SSSR count). The van der Waals surface area contributed by atoms with Gasteiger partial charge in [0.25, 0.3) is 11.1 Å². The maximum Gasteiger partial charge on any atom is 0.335 e. The van der Waals surface area contributed by atoms with Gasteiger partial charge in [-0.25, -0.2) is 9.18 Å². The van der Waals surface area contributed by atoms with E-state index in [0.717, 1.165) is 16.7 Å². The Morgan fingerprint density at radius 2 is 1.73 bits per heavy atom. The van der Waals surface area contributed by atoms with Crippen molar-refractivity contribution in [3.8, 4) is 5.69 Å². The van der Waals surface area contributed by atoms with E-state index in [-0.39, 0.29) is 10.5 Å². The molecule has 0 atom stereocenters. The number of rotatable bonds is 6. The average Bonchev–Trinajstić information content (AvgIpc) is 3.35. The quantitative estimate of drug-likeness (QED) is 0.533. The van der Waals surface area contributed by atoms with Gasteiger partial charge in [0, 0.05) is 23.3 Å². The van der Waals surface area contributed by atoms with Crippen LogP contribution < -0.4 is 5.32 Å². The van der Waals surface area contributed by atoms with Gasteiger partial charge in [-0.15, -0.1) is 0 Å². The number of carboxylic acid groups (broad SMARTS) is 1. The summed E-state index contributed by atoms with van der Waals surface area (Å²) >= 11 is 0.718. The molecule has 3 amide bonds. The Kier molecular flexibility index (Phi) is 6.09. The number of aromatic nitrogens is 1. The van der Waals surface area contributed by atoms with Crippen LogP contribution in [-0.2, 0) is 9.59 Å². The fourth-order valence-electron chi connectivity index (χ4n) is 3.16. The summed E-state index contributed by atoms with van der Waals surface area (Å²) < 4.78 is 14.7. The van der Waals surface area contributed by atoms with Gasteiger partial charge in [0.05, 0.1) is 10.5 Å². The third-order valence-electron chi connectivity index (χ3n) is 4.75. The number of thioether (sulfide) groups is 1. The Bertz CT molecular complexity index is 1280. The van der Waals surface area contributed by atoms with Crippen molar-refractivity contribution < 1.29 is 28.7 Å². The van der Waals surface area contributed by atoms with Crippen LogP contribution >= 0.6 is 11.8 Å². The molecule has 1 aliphatic rings. The molecule has 166 valence electrons. The van der Waals surface area contributed by atoms with Gasteiger partial charge in [0.2, 0.25) is 5.91 Å². The highest BCUT2D eigenvalue weighted by atomic mass is 32.2. The van der Waals surface area contributed by atoms with Crippen LogP contribution in [0, 0.1) is 5.82 Å². The van der Waals surface area contributed by atoms with Crippen LogP contribution in [-0.4, -0.2) is 44.1 Å². The van der Waals surface area contributed by atoms with Gasteiger partial charge in [-0.1, -0.05) is 0 Å². The first-order chi connectivity index (χ1) is 15.8. The molecule has 2 N–H and O–H groups in total. The first-order valence-corrected chi connectivity index (χ1v) is 10.5. The molecule has 3 aromatic rings. The molecule has 1 aromatic heterocycles. The molecule has 0 radical (unpaired) electrons. The second kappa shape index (κ2) is 9.13. The zero-order valence-corrected chi connectivity index (χ0v) is 17.7. The van der Waals surface area contributed by atoms with Crippen molar-refractivity contribution in [3.63, 3.8) is 0 Å². The number of nitrogens with one attached hydrogen (secondary N) is 1. The first kappa shape index (κ1) is 22.0. The topological polar surface area (TPSA) is 109 Å². The van der Waals surface area contributed by atoms with E-state index in [4.69, 9.17) is 5.11 Å². The smallest absolute Gasteiger partial charge is 0.335 e. The highest BCUT2D eigenvalue weighted by Gasteiger charge is 2.36. The molecule has 2 heterocycles. The SMILES string of the molecule is O=C(CN1C(=O)S/C(=C/c2cccn2-c2ccc(C(=O)O)cc2)C1=O)Nc1ccc(F)cc1. The normalized spacial score (nSPS) is 14.7. The monoisotopic (exact) mass is 465 g/mol. The lowest BCUT2D eigenvalue weighted by Crippen LogP contribution is -2.36. The van der Waals surface area contributed by atoms with E-state index >= 15 is 0 Å². The average molecular weight is 465 g/mol. The summed E-state index contributed by atoms with van der Waals surface area (Å²) in [5, 5.41) is 11.0. The molecule has 0 bridgehead atoms. The standard InChI is InChI=1S/C23H16FN3O5S/c24-15-5-7-16(8-6-15)25-20(28)13-27-21(29)19(33-23(27)32)12-18-2-1-11-26(18)17-9-3-14(4-10-17)22(30)31/h1-12H,13H2,(H,25,28)(H,30,31)/b19-12+. The van der Waals surface area contributed by atoms with E-state index in [1.54, 1.807) is 35.0 Å². The molecule has 1 fully saturated rings. The van der Waals surface area contributed by atoms with Gasteiger partial charge in [-0.05, 0) is 78.5 Å². The van der Waals surface area contributed by atoms with Crippen molar-refractivity contribution >= 4 is 46.5 Å². The van der Waals surface area contributed by atoms with E-state index in [9.17, 15) is 23.6 Å². The van der Waals surface area contributed by atoms with Crippen LogP contribution in [0.3, 0.4) is 0 Å². The lowest BCUT2D eigenvalue weighted by molar-refractivity contribution is -0.127. The second-order valence-electron chi connectivity index (χ2n) is 6.98. The van der Waals surface area contributed by atoms with E-state index in [1.165, 1.54) is 42.5 Å². The maximum absolute atomic E-state index is 13.0. The summed E-state index contributed by atoms with van der Waals surface area (Å²) in [5.41, 5.74) is 1.76. The van der Waals surface area contributed by atoms with Gasteiger partial charge >= 0.3 is 5.97 Å². The number of anilines is 1. The molecule has 1 aliphatic heterocycles. The summed E-state index contributed by atoms with van der Waals surface area (Å²) in [5.74, 6) is -2.68. The van der Waals surface area contributed by atoms with Crippen LogP contribution in [0.25, 0.3) is 11.8 Å². The minimum absolute atomic E-state index is 0.146. The summed E-state index contributed by atoms with van der Waals surface area (Å²) in [6, 6.07) is 14.8. The van der Waals surface area contributed by atoms with E-state index in [0.29, 0.717) is 17.1 Å². The van der Waals surface area contributed by atoms with Crippen molar-refractivity contribution in [2.75, 3.05) is 11.9 Å². The minimum Gasteiger partial charge on any atom is -0.478 e. The molecule has 1 saturated heterocycles. The third-order valence-corrected chi connectivity index (χ3v) is 5.66. The number of hydrogen-bond donors (Lipinski definition) is 2. The van der Waals surface area contributed by atoms with Crippen LogP contribution in [0.2, 0.25) is 0 Å². The Morgan fingerprint density at radius 1 is 1.03 bits per heavy atom. The van der Waals surface area contributed by atoms with Gasteiger partial charge in [-0.2, -0.15) is 0 Å². The van der Waals surface area contributed by atoms with Crippen LogP contribution in [0.4, 0.5) is 14.9 Å². The summed E-state index contributed by atoms with van der Waals surface area (Å²) in [4.78, 5) is 49.4. The summed E-state index contributed by atoms with van der Waals surface area (Å²) in [6.07, 6.45) is 3.27. The van der Waals surface area contributed by atoms with Crippen LogP contribution in [0.15, 0.2) is 71.8 Å². The summed E-state index contributed by atoms with van der Waals surface area (Å²) in [7, 11) is 0. The molecular weight excluding hydrogens is 449 g/mol. The number of hydrogen-bond acceptors (Lipinski definition) is 5. The number of imide groups is 1. The van der Waals surface area contributed by atoms with E-state index in [1.807, 2.05) is 0 Å². The van der Waals surface area contributed by atoms with Crippen molar-refractivity contribution in [1.29, 1.82) is 0 Å². The molecule has 2 aromatic carbocycles. The zero-order valence-electron chi connectivity index (χ0n) is 16.9. The molecule has 8 nitrogen and oxygen atoms in total. The van der Waals surface area contributed by atoms with Gasteiger partial charge in [-0.3, -0.25) is 19.3 Å². The lowest BCUT2D eigenvalue weighted by Gasteiger charge is -2.12. The summed E-state index contributed by atoms with van der Waals surface area (Å²) in [6.45, 7) is -0.475. The van der Waals surface area contributed by atoms with Gasteiger partial charge in [0.15, 0.2) is 0 Å². The van der Waals surface area contributed by atoms with Crippen molar-refractivity contribution in [2.24, 2.45) is 0 Å². The molecule has 33 heavy (non-hydrogen) atoms. The number of halogens is 1. The van der Waals surface area contributed by atoms with E-state index in [2.05, 4.69) is 5.32 Å². The highest BCUT2D eigenvalue weighted by Crippen LogP contribution is 2.32. The van der Waals surface area contributed by atoms with Crippen molar-refractivity contribution in [2.45, 2.75) is 0 Å². The maximum atomic E-state index is 13.0. The number of carboxylic acids is 1. The number of carbonyl (C=O) groups is 4. The fourth-order valence-corrected chi connectivity index (χ4v) is 3.98. The third kappa shape index (κ3) is 4.85. The molecule has 10 heteroatoms. The fraction of sp³-hybridized carbons (Fsp3) is 0.0435. The number of nitrogens with zero attached hydrogens (tertiary/aromatic N) is 2. The van der Waals surface area contributed by atoms with Crippen LogP contribution in [0.5, 0.6) is 0 Å².